The average molecular weight is 356 g/mol. The summed E-state index contributed by atoms with van der Waals surface area (Å²) in [6.45, 7) is 5.99. The number of esters is 1. The van der Waals surface area contributed by atoms with Gasteiger partial charge in [-0.2, -0.15) is 0 Å². The van der Waals surface area contributed by atoms with Crippen molar-refractivity contribution in [1.29, 1.82) is 0 Å². The van der Waals surface area contributed by atoms with E-state index in [4.69, 9.17) is 4.74 Å². The number of hydrogen-bond donors (Lipinski definition) is 1. The molecule has 0 saturated heterocycles. The maximum absolute atomic E-state index is 12.4. The molecular weight excluding hydrogens is 332 g/mol. The monoisotopic (exact) mass is 356 g/mol. The van der Waals surface area contributed by atoms with E-state index in [2.05, 4.69) is 34.0 Å². The van der Waals surface area contributed by atoms with E-state index >= 15 is 0 Å². The summed E-state index contributed by atoms with van der Waals surface area (Å²) in [7, 11) is 1.30. The second kappa shape index (κ2) is 9.50. The minimum absolute atomic E-state index is 0.182. The molecule has 1 amide bonds. The lowest BCUT2D eigenvalue weighted by Gasteiger charge is -2.22. The fourth-order valence-electron chi connectivity index (χ4n) is 2.55. The third-order valence-electron chi connectivity index (χ3n) is 3.76. The van der Waals surface area contributed by atoms with Crippen molar-refractivity contribution in [2.24, 2.45) is 0 Å². The van der Waals surface area contributed by atoms with Gasteiger partial charge in [-0.1, -0.05) is 26.0 Å². The number of para-hydroxylation sites is 1. The van der Waals surface area contributed by atoms with Crippen LogP contribution >= 0.6 is 0 Å². The molecule has 0 atom stereocenters. The molecule has 0 fully saturated rings. The van der Waals surface area contributed by atoms with Gasteiger partial charge in [-0.15, -0.1) is 0 Å². The number of ether oxygens (including phenoxy) is 1. The third kappa shape index (κ3) is 4.78. The lowest BCUT2D eigenvalue weighted by Crippen LogP contribution is -2.26. The topological polar surface area (TPSA) is 84.4 Å². The molecule has 0 unspecified atom stereocenters. The van der Waals surface area contributed by atoms with Crippen LogP contribution in [0.25, 0.3) is 0 Å². The molecule has 2 rings (SSSR count). The van der Waals surface area contributed by atoms with Crippen LogP contribution in [0.3, 0.4) is 0 Å². The summed E-state index contributed by atoms with van der Waals surface area (Å²) in [5.74, 6) is -0.199. The van der Waals surface area contributed by atoms with Gasteiger partial charge in [0.1, 0.15) is 11.5 Å². The molecule has 0 radical (unpaired) electrons. The van der Waals surface area contributed by atoms with Crippen molar-refractivity contribution in [2.45, 2.75) is 26.7 Å². The Balaban J connectivity index is 2.15. The molecule has 0 bridgehead atoms. The van der Waals surface area contributed by atoms with Crippen molar-refractivity contribution in [3.8, 4) is 0 Å². The largest absolute Gasteiger partial charge is 0.465 e. The van der Waals surface area contributed by atoms with E-state index in [-0.39, 0.29) is 11.3 Å². The minimum atomic E-state index is -0.517. The number of carbonyl (C=O) groups excluding carboxylic acids is 2. The zero-order valence-corrected chi connectivity index (χ0v) is 15.4. The maximum atomic E-state index is 12.4. The van der Waals surface area contributed by atoms with Crippen LogP contribution in [0.2, 0.25) is 0 Å². The quantitative estimate of drug-likeness (QED) is 0.732. The summed E-state index contributed by atoms with van der Waals surface area (Å²) in [4.78, 5) is 34.9. The van der Waals surface area contributed by atoms with Crippen LogP contribution in [0.1, 0.15) is 47.5 Å². The molecule has 0 aliphatic carbocycles. The molecule has 1 aromatic carbocycles. The number of nitrogens with one attached hydrogen (secondary N) is 1. The predicted molar refractivity (Wildman–Crippen MR) is 101 cm³/mol. The van der Waals surface area contributed by atoms with Gasteiger partial charge in [0, 0.05) is 13.1 Å². The summed E-state index contributed by atoms with van der Waals surface area (Å²) in [5, 5.41) is 2.69. The highest BCUT2D eigenvalue weighted by Gasteiger charge is 2.16. The smallest absolute Gasteiger partial charge is 0.339 e. The van der Waals surface area contributed by atoms with Crippen LogP contribution in [0.5, 0.6) is 0 Å². The fourth-order valence-corrected chi connectivity index (χ4v) is 2.55. The molecule has 0 aliphatic rings. The first-order chi connectivity index (χ1) is 12.6. The number of benzene rings is 1. The number of methoxy groups -OCH3 is 1. The molecule has 1 heterocycles. The van der Waals surface area contributed by atoms with Crippen LogP contribution in [0.15, 0.2) is 36.7 Å². The number of aromatic nitrogens is 2. The lowest BCUT2D eigenvalue weighted by molar-refractivity contribution is 0.0602. The second-order valence-corrected chi connectivity index (χ2v) is 5.74. The lowest BCUT2D eigenvalue weighted by atomic mass is 10.1. The van der Waals surface area contributed by atoms with Gasteiger partial charge in [-0.25, -0.2) is 14.8 Å². The molecule has 7 heteroatoms. The van der Waals surface area contributed by atoms with Crippen molar-refractivity contribution >= 4 is 23.4 Å². The van der Waals surface area contributed by atoms with Crippen molar-refractivity contribution in [2.75, 3.05) is 30.4 Å². The molecule has 2 aromatic rings. The summed E-state index contributed by atoms with van der Waals surface area (Å²) in [6.07, 6.45) is 5.07. The first-order valence-corrected chi connectivity index (χ1v) is 8.66. The van der Waals surface area contributed by atoms with E-state index < -0.39 is 11.9 Å². The molecule has 0 aliphatic heterocycles. The van der Waals surface area contributed by atoms with Gasteiger partial charge in [0.15, 0.2) is 0 Å². The molecule has 1 aromatic heterocycles. The number of anilines is 2. The van der Waals surface area contributed by atoms with Gasteiger partial charge in [0.05, 0.1) is 30.8 Å². The Bertz CT molecular complexity index is 741. The number of hydrogen-bond acceptors (Lipinski definition) is 6. The number of amides is 1. The molecule has 0 spiro atoms. The van der Waals surface area contributed by atoms with Crippen LogP contribution in [0.4, 0.5) is 11.5 Å². The highest BCUT2D eigenvalue weighted by molar-refractivity contribution is 6.06. The van der Waals surface area contributed by atoms with Crippen molar-refractivity contribution < 1.29 is 14.3 Å². The highest BCUT2D eigenvalue weighted by atomic mass is 16.5. The van der Waals surface area contributed by atoms with E-state index in [1.165, 1.54) is 13.3 Å². The van der Waals surface area contributed by atoms with Gasteiger partial charge in [0.25, 0.3) is 5.91 Å². The Labute approximate surface area is 153 Å². The highest BCUT2D eigenvalue weighted by Crippen LogP contribution is 2.17. The standard InChI is InChI=1S/C19H24N4O3/c1-4-10-23(11-5-2)17-13-20-16(12-21-17)18(24)22-15-9-7-6-8-14(15)19(25)26-3/h6-9,12-13H,4-5,10-11H2,1-3H3,(H,22,24). The van der Waals surface area contributed by atoms with Crippen LogP contribution in [0, 0.1) is 0 Å². The van der Waals surface area contributed by atoms with Gasteiger partial charge >= 0.3 is 5.97 Å². The Morgan fingerprint density at radius 3 is 2.35 bits per heavy atom. The second-order valence-electron chi connectivity index (χ2n) is 5.74. The molecule has 1 N–H and O–H groups in total. The first kappa shape index (κ1) is 19.4. The molecule has 0 saturated carbocycles. The zero-order valence-electron chi connectivity index (χ0n) is 15.4. The molecule has 7 nitrogen and oxygen atoms in total. The Morgan fingerprint density at radius 1 is 1.08 bits per heavy atom. The average Bonchev–Trinajstić information content (AvgIpc) is 2.67. The van der Waals surface area contributed by atoms with Crippen molar-refractivity contribution in [3.05, 3.63) is 47.9 Å². The minimum Gasteiger partial charge on any atom is -0.465 e. The van der Waals surface area contributed by atoms with Crippen LogP contribution in [-0.4, -0.2) is 42.0 Å². The normalized spacial score (nSPS) is 10.3. The Hall–Kier alpha value is -2.96. The van der Waals surface area contributed by atoms with E-state index in [0.717, 1.165) is 31.7 Å². The number of nitrogens with zero attached hydrogens (tertiary/aromatic N) is 3. The summed E-state index contributed by atoms with van der Waals surface area (Å²) in [6, 6.07) is 6.65. The zero-order chi connectivity index (χ0) is 18.9. The number of carbonyl (C=O) groups is 2. The van der Waals surface area contributed by atoms with E-state index in [1.807, 2.05) is 0 Å². The predicted octanol–water partition coefficient (Wildman–Crippen LogP) is 3.14. The fraction of sp³-hybridized carbons (Fsp3) is 0.368. The van der Waals surface area contributed by atoms with Gasteiger partial charge < -0.3 is 15.0 Å². The molecule has 138 valence electrons. The van der Waals surface area contributed by atoms with Gasteiger partial charge in [-0.05, 0) is 25.0 Å². The summed E-state index contributed by atoms with van der Waals surface area (Å²) < 4.78 is 4.73. The van der Waals surface area contributed by atoms with E-state index in [9.17, 15) is 9.59 Å². The SMILES string of the molecule is CCCN(CCC)c1cnc(C(=O)Nc2ccccc2C(=O)OC)cn1. The molecular formula is C19H24N4O3. The number of rotatable bonds is 8. The van der Waals surface area contributed by atoms with Gasteiger partial charge in [-0.3, -0.25) is 4.79 Å². The van der Waals surface area contributed by atoms with Crippen molar-refractivity contribution in [1.82, 2.24) is 9.97 Å². The summed E-state index contributed by atoms with van der Waals surface area (Å²) in [5.41, 5.74) is 0.834. The Morgan fingerprint density at radius 2 is 1.77 bits per heavy atom. The third-order valence-corrected chi connectivity index (χ3v) is 3.76. The maximum Gasteiger partial charge on any atom is 0.339 e. The van der Waals surface area contributed by atoms with Crippen molar-refractivity contribution in [3.63, 3.8) is 0 Å². The first-order valence-electron chi connectivity index (χ1n) is 8.66. The summed E-state index contributed by atoms with van der Waals surface area (Å²) >= 11 is 0. The van der Waals surface area contributed by atoms with Crippen LogP contribution < -0.4 is 10.2 Å². The molecule has 26 heavy (non-hydrogen) atoms. The van der Waals surface area contributed by atoms with E-state index in [0.29, 0.717) is 5.69 Å². The van der Waals surface area contributed by atoms with Crippen LogP contribution in [-0.2, 0) is 4.74 Å². The Kier molecular flexibility index (Phi) is 7.08. The van der Waals surface area contributed by atoms with E-state index in [1.54, 1.807) is 30.5 Å². The van der Waals surface area contributed by atoms with Gasteiger partial charge in [0.2, 0.25) is 0 Å².